The molecule has 0 aliphatic carbocycles. The van der Waals surface area contributed by atoms with Gasteiger partial charge in [-0.2, -0.15) is 13.2 Å². The second-order valence-corrected chi connectivity index (χ2v) is 6.45. The summed E-state index contributed by atoms with van der Waals surface area (Å²) in [5.41, 5.74) is 2.89. The molecule has 25 heavy (non-hydrogen) atoms. The molecule has 0 fully saturated rings. The van der Waals surface area contributed by atoms with Gasteiger partial charge in [0, 0.05) is 36.3 Å². The monoisotopic (exact) mass is 348 g/mol. The summed E-state index contributed by atoms with van der Waals surface area (Å²) in [6.07, 6.45) is -3.59. The molecule has 6 heteroatoms. The number of aromatic nitrogens is 1. The van der Waals surface area contributed by atoms with Crippen molar-refractivity contribution in [1.82, 2.24) is 9.47 Å². The van der Waals surface area contributed by atoms with Crippen LogP contribution in [0.2, 0.25) is 0 Å². The molecule has 0 radical (unpaired) electrons. The van der Waals surface area contributed by atoms with Crippen molar-refractivity contribution < 1.29 is 17.6 Å². The lowest BCUT2D eigenvalue weighted by Crippen LogP contribution is -2.27. The van der Waals surface area contributed by atoms with E-state index in [1.165, 1.54) is 24.3 Å². The summed E-state index contributed by atoms with van der Waals surface area (Å²) in [5.74, 6) is -0.312. The van der Waals surface area contributed by atoms with E-state index in [0.29, 0.717) is 12.2 Å². The predicted octanol–water partition coefficient (Wildman–Crippen LogP) is 4.78. The normalized spacial score (nSPS) is 15.6. The maximum atomic E-state index is 13.8. The number of halogens is 4. The number of fused-ring (bicyclic) bond motifs is 3. The van der Waals surface area contributed by atoms with Gasteiger partial charge in [-0.25, -0.2) is 4.39 Å². The van der Waals surface area contributed by atoms with Crippen LogP contribution < -0.4 is 0 Å². The van der Waals surface area contributed by atoms with Crippen molar-refractivity contribution in [2.75, 3.05) is 13.6 Å². The van der Waals surface area contributed by atoms with Crippen LogP contribution in [0.15, 0.2) is 42.5 Å². The van der Waals surface area contributed by atoms with E-state index in [4.69, 9.17) is 0 Å². The van der Waals surface area contributed by atoms with Crippen LogP contribution in [0.25, 0.3) is 16.6 Å². The Kier molecular flexibility index (Phi) is 3.61. The van der Waals surface area contributed by atoms with Crippen LogP contribution in [0.1, 0.15) is 16.8 Å². The van der Waals surface area contributed by atoms with E-state index in [1.54, 1.807) is 6.07 Å². The lowest BCUT2D eigenvalue weighted by atomic mass is 10.0. The Hall–Kier alpha value is -2.34. The lowest BCUT2D eigenvalue weighted by Gasteiger charge is -2.24. The average molecular weight is 348 g/mol. The smallest absolute Gasteiger partial charge is 0.313 e. The average Bonchev–Trinajstić information content (AvgIpc) is 2.87. The summed E-state index contributed by atoms with van der Waals surface area (Å²) in [6.45, 7) is 1.55. The van der Waals surface area contributed by atoms with Crippen molar-refractivity contribution >= 4 is 10.9 Å². The van der Waals surface area contributed by atoms with Crippen molar-refractivity contribution in [3.63, 3.8) is 0 Å². The van der Waals surface area contributed by atoms with Crippen LogP contribution in [-0.4, -0.2) is 23.1 Å². The van der Waals surface area contributed by atoms with Gasteiger partial charge in [-0.15, -0.1) is 0 Å². The van der Waals surface area contributed by atoms with Gasteiger partial charge >= 0.3 is 6.18 Å². The van der Waals surface area contributed by atoms with E-state index >= 15 is 0 Å². The highest BCUT2D eigenvalue weighted by atomic mass is 19.4. The molecule has 0 bridgehead atoms. The van der Waals surface area contributed by atoms with Gasteiger partial charge in [0.25, 0.3) is 0 Å². The Morgan fingerprint density at radius 1 is 1.00 bits per heavy atom. The van der Waals surface area contributed by atoms with E-state index in [2.05, 4.69) is 4.90 Å². The Labute approximate surface area is 142 Å². The molecule has 2 aromatic carbocycles. The molecule has 1 aliphatic rings. The molecule has 4 rings (SSSR count). The second-order valence-electron chi connectivity index (χ2n) is 6.45. The first-order valence-electron chi connectivity index (χ1n) is 8.02. The van der Waals surface area contributed by atoms with E-state index < -0.39 is 11.7 Å². The molecular weight excluding hydrogens is 332 g/mol. The lowest BCUT2D eigenvalue weighted by molar-refractivity contribution is -0.137. The third-order valence-electron chi connectivity index (χ3n) is 4.75. The summed E-state index contributed by atoms with van der Waals surface area (Å²) >= 11 is 0. The largest absolute Gasteiger partial charge is 0.416 e. The first kappa shape index (κ1) is 16.1. The minimum atomic E-state index is -4.36. The number of nitrogens with zero attached hydrogens (tertiary/aromatic N) is 2. The van der Waals surface area contributed by atoms with Crippen molar-refractivity contribution in [3.8, 4) is 5.69 Å². The second kappa shape index (κ2) is 5.59. The first-order valence-corrected chi connectivity index (χ1v) is 8.02. The highest BCUT2D eigenvalue weighted by molar-refractivity contribution is 5.87. The molecule has 0 saturated carbocycles. The van der Waals surface area contributed by atoms with Crippen molar-refractivity contribution in [2.24, 2.45) is 0 Å². The minimum absolute atomic E-state index is 0.312. The number of hydrogen-bond donors (Lipinski definition) is 0. The predicted molar refractivity (Wildman–Crippen MR) is 88.3 cm³/mol. The number of likely N-dealkylation sites (N-methyl/N-ethyl adjacent to an activating group) is 1. The fourth-order valence-electron chi connectivity index (χ4n) is 3.56. The number of benzene rings is 2. The van der Waals surface area contributed by atoms with Crippen LogP contribution in [-0.2, 0) is 19.1 Å². The van der Waals surface area contributed by atoms with E-state index in [-0.39, 0.29) is 5.82 Å². The summed E-state index contributed by atoms with van der Waals surface area (Å²) < 4.78 is 54.2. The zero-order valence-corrected chi connectivity index (χ0v) is 13.6. The summed E-state index contributed by atoms with van der Waals surface area (Å²) in [4.78, 5) is 2.16. The quantitative estimate of drug-likeness (QED) is 0.575. The molecule has 0 N–H and O–H groups in total. The molecule has 1 aromatic heterocycles. The van der Waals surface area contributed by atoms with Crippen LogP contribution in [0.3, 0.4) is 0 Å². The SMILES string of the molecule is CN1CCc2c(c3cc(F)ccc3n2-c2ccc(C(F)(F)F)cc2)C1. The van der Waals surface area contributed by atoms with Crippen LogP contribution in [0.4, 0.5) is 17.6 Å². The highest BCUT2D eigenvalue weighted by Gasteiger charge is 2.30. The molecule has 0 amide bonds. The standard InChI is InChI=1S/C19H16F4N2/c1-24-9-8-18-16(11-24)15-10-13(20)4-7-17(15)25(18)14-5-2-12(3-6-14)19(21,22)23/h2-7,10H,8-9,11H2,1H3. The van der Waals surface area contributed by atoms with Gasteiger partial charge in [0.2, 0.25) is 0 Å². The third-order valence-corrected chi connectivity index (χ3v) is 4.75. The molecular formula is C19H16F4N2. The minimum Gasteiger partial charge on any atom is -0.313 e. The maximum Gasteiger partial charge on any atom is 0.416 e. The molecule has 130 valence electrons. The summed E-state index contributed by atoms with van der Waals surface area (Å²) in [6, 6.07) is 9.72. The Morgan fingerprint density at radius 3 is 2.40 bits per heavy atom. The van der Waals surface area contributed by atoms with E-state index in [0.717, 1.165) is 47.3 Å². The van der Waals surface area contributed by atoms with Gasteiger partial charge in [0.1, 0.15) is 5.82 Å². The summed E-state index contributed by atoms with van der Waals surface area (Å²) in [7, 11) is 2.00. The van der Waals surface area contributed by atoms with Crippen LogP contribution in [0, 0.1) is 5.82 Å². The fraction of sp³-hybridized carbons (Fsp3) is 0.263. The summed E-state index contributed by atoms with van der Waals surface area (Å²) in [5, 5.41) is 0.821. The van der Waals surface area contributed by atoms with Crippen molar-refractivity contribution in [3.05, 3.63) is 65.1 Å². The first-order chi connectivity index (χ1) is 11.8. The van der Waals surface area contributed by atoms with Gasteiger partial charge < -0.3 is 9.47 Å². The van der Waals surface area contributed by atoms with Gasteiger partial charge in [0.05, 0.1) is 11.1 Å². The molecule has 1 aliphatic heterocycles. The Bertz CT molecular complexity index is 939. The third kappa shape index (κ3) is 2.70. The fourth-order valence-corrected chi connectivity index (χ4v) is 3.56. The maximum absolute atomic E-state index is 13.8. The van der Waals surface area contributed by atoms with Gasteiger partial charge in [0.15, 0.2) is 0 Å². The number of alkyl halides is 3. The van der Waals surface area contributed by atoms with Gasteiger partial charge in [-0.05, 0) is 55.1 Å². The molecule has 0 unspecified atom stereocenters. The zero-order valence-electron chi connectivity index (χ0n) is 13.6. The molecule has 0 atom stereocenters. The Morgan fingerprint density at radius 2 is 1.72 bits per heavy atom. The van der Waals surface area contributed by atoms with Gasteiger partial charge in [-0.1, -0.05) is 0 Å². The molecule has 0 spiro atoms. The molecule has 2 nitrogen and oxygen atoms in total. The highest BCUT2D eigenvalue weighted by Crippen LogP contribution is 2.35. The van der Waals surface area contributed by atoms with Crippen LogP contribution in [0.5, 0.6) is 0 Å². The Balaban J connectivity index is 1.93. The van der Waals surface area contributed by atoms with E-state index in [9.17, 15) is 17.6 Å². The topological polar surface area (TPSA) is 8.17 Å². The van der Waals surface area contributed by atoms with Crippen LogP contribution >= 0.6 is 0 Å². The van der Waals surface area contributed by atoms with Crippen molar-refractivity contribution in [2.45, 2.75) is 19.1 Å². The number of rotatable bonds is 1. The number of hydrogen-bond acceptors (Lipinski definition) is 1. The zero-order chi connectivity index (χ0) is 17.8. The molecule has 2 heterocycles. The molecule has 0 saturated heterocycles. The molecule has 3 aromatic rings. The van der Waals surface area contributed by atoms with E-state index in [1.807, 2.05) is 11.6 Å². The van der Waals surface area contributed by atoms with Gasteiger partial charge in [-0.3, -0.25) is 0 Å². The van der Waals surface area contributed by atoms with Crippen molar-refractivity contribution in [1.29, 1.82) is 0 Å².